The first-order valence-electron chi connectivity index (χ1n) is 8.07. The number of ether oxygens (including phenoxy) is 3. The van der Waals surface area contributed by atoms with E-state index in [1.807, 2.05) is 12.1 Å². The maximum absolute atomic E-state index is 13.4. The number of rotatable bonds is 1. The van der Waals surface area contributed by atoms with Gasteiger partial charge >= 0.3 is 5.97 Å². The number of fused-ring (bicyclic) bond motifs is 2. The minimum atomic E-state index is -0.350. The van der Waals surface area contributed by atoms with Gasteiger partial charge in [-0.1, -0.05) is 12.1 Å². The SMILES string of the molecule is O=C1OCC2=C1[C@@H](c1ccc(F)cc1)c1cc3c(cc1N2)OCCO3. The lowest BCUT2D eigenvalue weighted by atomic mass is 9.81. The Morgan fingerprint density at radius 2 is 1.72 bits per heavy atom. The van der Waals surface area contributed by atoms with E-state index in [2.05, 4.69) is 5.32 Å². The van der Waals surface area contributed by atoms with Crippen molar-refractivity contribution in [2.24, 2.45) is 0 Å². The highest BCUT2D eigenvalue weighted by Crippen LogP contribution is 2.48. The molecule has 25 heavy (non-hydrogen) atoms. The Morgan fingerprint density at radius 3 is 2.48 bits per heavy atom. The summed E-state index contributed by atoms with van der Waals surface area (Å²) < 4.78 is 29.9. The van der Waals surface area contributed by atoms with Crippen molar-refractivity contribution in [3.8, 4) is 11.5 Å². The van der Waals surface area contributed by atoms with Gasteiger partial charge in [-0.25, -0.2) is 9.18 Å². The molecule has 2 aromatic carbocycles. The minimum Gasteiger partial charge on any atom is -0.486 e. The fourth-order valence-electron chi connectivity index (χ4n) is 3.58. The van der Waals surface area contributed by atoms with E-state index in [0.29, 0.717) is 30.3 Å². The van der Waals surface area contributed by atoms with Crippen LogP contribution in [0.1, 0.15) is 17.0 Å². The topological polar surface area (TPSA) is 56.8 Å². The Hall–Kier alpha value is -3.02. The van der Waals surface area contributed by atoms with Gasteiger partial charge in [0.05, 0.1) is 11.3 Å². The molecule has 5 nitrogen and oxygen atoms in total. The zero-order valence-electron chi connectivity index (χ0n) is 13.2. The van der Waals surface area contributed by atoms with Crippen LogP contribution in [0.15, 0.2) is 47.7 Å². The van der Waals surface area contributed by atoms with Gasteiger partial charge in [-0.2, -0.15) is 0 Å². The smallest absolute Gasteiger partial charge is 0.337 e. The third-order valence-electron chi connectivity index (χ3n) is 4.70. The zero-order valence-corrected chi connectivity index (χ0v) is 13.2. The number of hydrogen-bond donors (Lipinski definition) is 1. The lowest BCUT2D eigenvalue weighted by Crippen LogP contribution is -2.22. The molecule has 0 saturated carbocycles. The molecule has 3 heterocycles. The van der Waals surface area contributed by atoms with Crippen LogP contribution in [-0.2, 0) is 9.53 Å². The molecule has 0 unspecified atom stereocenters. The monoisotopic (exact) mass is 339 g/mol. The van der Waals surface area contributed by atoms with E-state index in [9.17, 15) is 9.18 Å². The molecular weight excluding hydrogens is 325 g/mol. The molecule has 0 saturated heterocycles. The van der Waals surface area contributed by atoms with E-state index in [4.69, 9.17) is 14.2 Å². The molecule has 0 radical (unpaired) electrons. The maximum Gasteiger partial charge on any atom is 0.337 e. The molecule has 2 aromatic rings. The number of esters is 1. The summed E-state index contributed by atoms with van der Waals surface area (Å²) >= 11 is 0. The first-order valence-corrected chi connectivity index (χ1v) is 8.07. The van der Waals surface area contributed by atoms with Crippen LogP contribution in [0.25, 0.3) is 0 Å². The molecular formula is C19H14FNO4. The van der Waals surface area contributed by atoms with Crippen LogP contribution in [0.3, 0.4) is 0 Å². The van der Waals surface area contributed by atoms with Gasteiger partial charge in [0.2, 0.25) is 0 Å². The highest BCUT2D eigenvalue weighted by atomic mass is 19.1. The average Bonchev–Trinajstić information content (AvgIpc) is 2.99. The van der Waals surface area contributed by atoms with Crippen molar-refractivity contribution in [1.29, 1.82) is 0 Å². The Balaban J connectivity index is 1.71. The second-order valence-electron chi connectivity index (χ2n) is 6.16. The summed E-state index contributed by atoms with van der Waals surface area (Å²) in [6, 6.07) is 9.96. The van der Waals surface area contributed by atoms with Gasteiger partial charge < -0.3 is 19.5 Å². The summed E-state index contributed by atoms with van der Waals surface area (Å²) in [4.78, 5) is 12.3. The summed E-state index contributed by atoms with van der Waals surface area (Å²) in [5.74, 6) is 0.317. The number of hydrogen-bond acceptors (Lipinski definition) is 5. The minimum absolute atomic E-state index is 0.208. The van der Waals surface area contributed by atoms with Crippen LogP contribution in [0, 0.1) is 5.82 Å². The molecule has 5 rings (SSSR count). The second-order valence-corrected chi connectivity index (χ2v) is 6.16. The first-order chi connectivity index (χ1) is 12.2. The fourth-order valence-corrected chi connectivity index (χ4v) is 3.58. The average molecular weight is 339 g/mol. The summed E-state index contributed by atoms with van der Waals surface area (Å²) in [5.41, 5.74) is 3.86. The Morgan fingerprint density at radius 1 is 1.00 bits per heavy atom. The molecule has 0 amide bonds. The summed E-state index contributed by atoms with van der Waals surface area (Å²) in [7, 11) is 0. The third-order valence-corrected chi connectivity index (χ3v) is 4.70. The van der Waals surface area contributed by atoms with E-state index in [1.165, 1.54) is 12.1 Å². The standard InChI is InChI=1S/C19H14FNO4/c20-11-3-1-10(2-4-11)17-12-7-15-16(24-6-5-23-15)8-13(12)21-14-9-25-19(22)18(14)17/h1-4,7-8,17,21H,5-6,9H2/t17-/m0/s1. The van der Waals surface area contributed by atoms with Crippen LogP contribution >= 0.6 is 0 Å². The molecule has 0 aliphatic carbocycles. The molecule has 0 fully saturated rings. The number of benzene rings is 2. The van der Waals surface area contributed by atoms with Gasteiger partial charge in [0.25, 0.3) is 0 Å². The fraction of sp³-hybridized carbons (Fsp3) is 0.211. The number of cyclic esters (lactones) is 1. The van der Waals surface area contributed by atoms with E-state index < -0.39 is 0 Å². The predicted molar refractivity (Wildman–Crippen MR) is 87.3 cm³/mol. The molecule has 0 bridgehead atoms. The van der Waals surface area contributed by atoms with E-state index in [-0.39, 0.29) is 24.3 Å². The van der Waals surface area contributed by atoms with E-state index >= 15 is 0 Å². The highest BCUT2D eigenvalue weighted by Gasteiger charge is 2.39. The first kappa shape index (κ1) is 14.3. The zero-order chi connectivity index (χ0) is 17.0. The largest absolute Gasteiger partial charge is 0.486 e. The third kappa shape index (κ3) is 2.17. The van der Waals surface area contributed by atoms with Crippen LogP contribution in [0.2, 0.25) is 0 Å². The van der Waals surface area contributed by atoms with Crippen molar-refractivity contribution >= 4 is 11.7 Å². The molecule has 3 aliphatic rings. The van der Waals surface area contributed by atoms with Crippen molar-refractivity contribution in [1.82, 2.24) is 0 Å². The van der Waals surface area contributed by atoms with Crippen molar-refractivity contribution in [3.63, 3.8) is 0 Å². The lowest BCUT2D eigenvalue weighted by molar-refractivity contribution is -0.136. The van der Waals surface area contributed by atoms with Crippen LogP contribution in [0.5, 0.6) is 11.5 Å². The summed E-state index contributed by atoms with van der Waals surface area (Å²) in [6.07, 6.45) is 0. The number of halogens is 1. The van der Waals surface area contributed by atoms with Gasteiger partial charge in [-0.3, -0.25) is 0 Å². The summed E-state index contributed by atoms with van der Waals surface area (Å²) in [6.45, 7) is 1.19. The second kappa shape index (κ2) is 5.24. The molecule has 1 N–H and O–H groups in total. The Kier molecular flexibility index (Phi) is 3.00. The van der Waals surface area contributed by atoms with Gasteiger partial charge in [0.15, 0.2) is 11.5 Å². The van der Waals surface area contributed by atoms with E-state index in [0.717, 1.165) is 22.5 Å². The molecule has 3 aliphatic heterocycles. The lowest BCUT2D eigenvalue weighted by Gasteiger charge is -2.29. The van der Waals surface area contributed by atoms with Gasteiger partial charge in [0.1, 0.15) is 25.6 Å². The van der Waals surface area contributed by atoms with E-state index in [1.54, 1.807) is 12.1 Å². The summed E-state index contributed by atoms with van der Waals surface area (Å²) in [5, 5.41) is 3.27. The van der Waals surface area contributed by atoms with Crippen molar-refractivity contribution < 1.29 is 23.4 Å². The molecule has 0 spiro atoms. The number of nitrogens with one attached hydrogen (secondary N) is 1. The molecule has 126 valence electrons. The van der Waals surface area contributed by atoms with Gasteiger partial charge in [-0.05, 0) is 29.3 Å². The van der Waals surface area contributed by atoms with Crippen molar-refractivity contribution in [2.45, 2.75) is 5.92 Å². The van der Waals surface area contributed by atoms with Crippen LogP contribution in [0.4, 0.5) is 10.1 Å². The Labute approximate surface area is 143 Å². The van der Waals surface area contributed by atoms with Crippen LogP contribution in [-0.4, -0.2) is 25.8 Å². The number of carbonyl (C=O) groups excluding carboxylic acids is 1. The van der Waals surface area contributed by atoms with Gasteiger partial charge in [0, 0.05) is 17.7 Å². The predicted octanol–water partition coefficient (Wildman–Crippen LogP) is 2.97. The highest BCUT2D eigenvalue weighted by molar-refractivity contribution is 5.97. The van der Waals surface area contributed by atoms with Crippen molar-refractivity contribution in [3.05, 3.63) is 64.6 Å². The Bertz CT molecular complexity index is 920. The quantitative estimate of drug-likeness (QED) is 0.810. The van der Waals surface area contributed by atoms with Gasteiger partial charge in [-0.15, -0.1) is 0 Å². The molecule has 1 atom stereocenters. The van der Waals surface area contributed by atoms with Crippen molar-refractivity contribution in [2.75, 3.05) is 25.1 Å². The number of anilines is 1. The van der Waals surface area contributed by atoms with Crippen LogP contribution < -0.4 is 14.8 Å². The normalized spacial score (nSPS) is 20.5. The molecule has 6 heteroatoms. The number of carbonyl (C=O) groups is 1. The molecule has 0 aromatic heterocycles. The maximum atomic E-state index is 13.4.